The largest absolute Gasteiger partial charge is 0.497 e. The Hall–Kier alpha value is -2.29. The third kappa shape index (κ3) is 5.28. The number of ether oxygens (including phenoxy) is 1. The lowest BCUT2D eigenvalue weighted by molar-refractivity contribution is -0.141. The monoisotopic (exact) mass is 479 g/mol. The molecular weight excluding hydrogens is 451 g/mol. The van der Waals surface area contributed by atoms with Crippen LogP contribution in [-0.2, 0) is 11.0 Å². The lowest BCUT2D eigenvalue weighted by atomic mass is 9.65. The summed E-state index contributed by atoms with van der Waals surface area (Å²) in [5, 5.41) is -0.0577. The molecule has 0 spiro atoms. The molecule has 0 unspecified atom stereocenters. The molecule has 1 amide bonds. The van der Waals surface area contributed by atoms with Crippen LogP contribution in [0.15, 0.2) is 35.5 Å². The Morgan fingerprint density at radius 1 is 1.18 bits per heavy atom. The fourth-order valence-corrected chi connectivity index (χ4v) is 6.25. The summed E-state index contributed by atoms with van der Waals surface area (Å²) in [6.45, 7) is 7.38. The van der Waals surface area contributed by atoms with Crippen LogP contribution in [0.3, 0.4) is 0 Å². The Bertz CT molecular complexity index is 1040. The van der Waals surface area contributed by atoms with E-state index in [1.807, 2.05) is 4.90 Å². The maximum absolute atomic E-state index is 13.5. The standard InChI is InChI=1S/C24H28F3N3O2S/c1-22(2)10-16-11-23(3,13-22)14-30(16)20(31)12-33-21-28-18(9-19(29-21)24(25,26)27)15-5-7-17(32-4)8-6-15/h5-9,16H,10-14H2,1-4H3/t16-,23+/m1/s1. The number of methoxy groups -OCH3 is 1. The van der Waals surface area contributed by atoms with E-state index in [4.69, 9.17) is 4.74 Å². The van der Waals surface area contributed by atoms with Gasteiger partial charge in [0.2, 0.25) is 5.91 Å². The molecule has 1 saturated heterocycles. The maximum atomic E-state index is 13.5. The van der Waals surface area contributed by atoms with Gasteiger partial charge in [0, 0.05) is 18.2 Å². The Labute approximate surface area is 196 Å². The van der Waals surface area contributed by atoms with Crippen molar-refractivity contribution in [3.8, 4) is 17.0 Å². The van der Waals surface area contributed by atoms with Crippen LogP contribution in [0.25, 0.3) is 11.3 Å². The molecule has 0 radical (unpaired) electrons. The van der Waals surface area contributed by atoms with Gasteiger partial charge in [-0.1, -0.05) is 32.5 Å². The number of hydrogen-bond acceptors (Lipinski definition) is 5. The fraction of sp³-hybridized carbons (Fsp3) is 0.542. The summed E-state index contributed by atoms with van der Waals surface area (Å²) in [4.78, 5) is 23.0. The van der Waals surface area contributed by atoms with Gasteiger partial charge in [0.1, 0.15) is 11.4 Å². The molecule has 1 aromatic carbocycles. The average molecular weight is 480 g/mol. The van der Waals surface area contributed by atoms with Gasteiger partial charge >= 0.3 is 6.18 Å². The number of likely N-dealkylation sites (tertiary alicyclic amines) is 1. The molecule has 2 atom stereocenters. The second-order valence-electron chi connectivity index (χ2n) is 10.2. The third-order valence-corrected chi connectivity index (χ3v) is 7.27. The molecule has 33 heavy (non-hydrogen) atoms. The highest BCUT2D eigenvalue weighted by Gasteiger charge is 2.50. The molecule has 5 nitrogen and oxygen atoms in total. The van der Waals surface area contributed by atoms with E-state index >= 15 is 0 Å². The van der Waals surface area contributed by atoms with Gasteiger partial charge in [0.15, 0.2) is 5.16 Å². The number of fused-ring (bicyclic) bond motifs is 2. The Balaban J connectivity index is 1.53. The van der Waals surface area contributed by atoms with Crippen molar-refractivity contribution in [2.24, 2.45) is 10.8 Å². The summed E-state index contributed by atoms with van der Waals surface area (Å²) in [5.41, 5.74) is -0.0794. The number of aromatic nitrogens is 2. The number of hydrogen-bond donors (Lipinski definition) is 0. The van der Waals surface area contributed by atoms with Crippen molar-refractivity contribution in [1.82, 2.24) is 14.9 Å². The van der Waals surface area contributed by atoms with Crippen LogP contribution >= 0.6 is 11.8 Å². The first-order valence-corrected chi connectivity index (χ1v) is 11.9. The molecule has 1 saturated carbocycles. The highest BCUT2D eigenvalue weighted by atomic mass is 32.2. The van der Waals surface area contributed by atoms with Gasteiger partial charge in [-0.2, -0.15) is 13.2 Å². The highest BCUT2D eigenvalue weighted by Crippen LogP contribution is 2.52. The molecule has 2 aromatic rings. The molecule has 178 valence electrons. The first kappa shape index (κ1) is 23.9. The van der Waals surface area contributed by atoms with E-state index < -0.39 is 11.9 Å². The van der Waals surface area contributed by atoms with Crippen molar-refractivity contribution in [1.29, 1.82) is 0 Å². The third-order valence-electron chi connectivity index (χ3n) is 6.44. The predicted molar refractivity (Wildman–Crippen MR) is 121 cm³/mol. The van der Waals surface area contributed by atoms with Crippen LogP contribution in [0.4, 0.5) is 13.2 Å². The van der Waals surface area contributed by atoms with Gasteiger partial charge < -0.3 is 9.64 Å². The minimum Gasteiger partial charge on any atom is -0.497 e. The van der Waals surface area contributed by atoms with E-state index in [-0.39, 0.29) is 39.4 Å². The quantitative estimate of drug-likeness (QED) is 0.407. The maximum Gasteiger partial charge on any atom is 0.433 e. The van der Waals surface area contributed by atoms with Crippen molar-refractivity contribution < 1.29 is 22.7 Å². The van der Waals surface area contributed by atoms with E-state index in [9.17, 15) is 18.0 Å². The number of carbonyl (C=O) groups excluding carboxylic acids is 1. The second-order valence-corrected chi connectivity index (χ2v) is 11.1. The van der Waals surface area contributed by atoms with Gasteiger partial charge in [-0.25, -0.2) is 9.97 Å². The van der Waals surface area contributed by atoms with Gasteiger partial charge in [-0.3, -0.25) is 4.79 Å². The molecule has 2 aliphatic rings. The average Bonchev–Trinajstić information content (AvgIpc) is 3.00. The predicted octanol–water partition coefficient (Wildman–Crippen LogP) is 5.69. The summed E-state index contributed by atoms with van der Waals surface area (Å²) in [6, 6.07) is 7.73. The molecule has 1 aliphatic heterocycles. The van der Waals surface area contributed by atoms with Crippen molar-refractivity contribution in [3.05, 3.63) is 36.0 Å². The number of carbonyl (C=O) groups is 1. The lowest BCUT2D eigenvalue weighted by Crippen LogP contribution is -2.38. The van der Waals surface area contributed by atoms with Crippen LogP contribution in [0.5, 0.6) is 5.75 Å². The molecule has 1 aliphatic carbocycles. The number of rotatable bonds is 5. The Morgan fingerprint density at radius 2 is 1.88 bits per heavy atom. The fourth-order valence-electron chi connectivity index (χ4n) is 5.51. The van der Waals surface area contributed by atoms with E-state index in [1.54, 1.807) is 24.3 Å². The smallest absolute Gasteiger partial charge is 0.433 e. The Morgan fingerprint density at radius 3 is 2.52 bits per heavy atom. The zero-order valence-electron chi connectivity index (χ0n) is 19.2. The molecule has 0 N–H and O–H groups in total. The van der Waals surface area contributed by atoms with Crippen molar-refractivity contribution in [3.63, 3.8) is 0 Å². The topological polar surface area (TPSA) is 55.3 Å². The minimum absolute atomic E-state index is 0.0103. The SMILES string of the molecule is COc1ccc(-c2cc(C(F)(F)F)nc(SCC(=O)N3C[C@@]4(C)C[C@H]3CC(C)(C)C4)n2)cc1. The van der Waals surface area contributed by atoms with Gasteiger partial charge in [-0.15, -0.1) is 0 Å². The zero-order chi connectivity index (χ0) is 24.0. The van der Waals surface area contributed by atoms with E-state index in [0.29, 0.717) is 17.9 Å². The van der Waals surface area contributed by atoms with Gasteiger partial charge in [-0.05, 0) is 60.4 Å². The first-order valence-electron chi connectivity index (χ1n) is 10.9. The summed E-state index contributed by atoms with van der Waals surface area (Å²) in [7, 11) is 1.52. The number of nitrogens with zero attached hydrogens (tertiary/aromatic N) is 3. The number of amides is 1. The van der Waals surface area contributed by atoms with Crippen LogP contribution in [0, 0.1) is 10.8 Å². The molecule has 1 aromatic heterocycles. The van der Waals surface area contributed by atoms with Crippen LogP contribution in [0.1, 0.15) is 45.7 Å². The summed E-state index contributed by atoms with van der Waals surface area (Å²) >= 11 is 0.957. The molecular formula is C24H28F3N3O2S. The minimum atomic E-state index is -4.62. The normalized spacial score (nSPS) is 24.1. The van der Waals surface area contributed by atoms with Crippen LogP contribution in [-0.4, -0.2) is 46.2 Å². The van der Waals surface area contributed by atoms with E-state index in [0.717, 1.165) is 37.1 Å². The lowest BCUT2D eigenvalue weighted by Gasteiger charge is -2.39. The number of benzene rings is 1. The Kier molecular flexibility index (Phi) is 6.14. The van der Waals surface area contributed by atoms with Crippen molar-refractivity contribution >= 4 is 17.7 Å². The first-order chi connectivity index (χ1) is 15.4. The van der Waals surface area contributed by atoms with Gasteiger partial charge in [0.05, 0.1) is 18.6 Å². The summed E-state index contributed by atoms with van der Waals surface area (Å²) in [5.74, 6) is 0.534. The van der Waals surface area contributed by atoms with Crippen LogP contribution < -0.4 is 4.74 Å². The zero-order valence-corrected chi connectivity index (χ0v) is 20.0. The van der Waals surface area contributed by atoms with Gasteiger partial charge in [0.25, 0.3) is 0 Å². The number of thioether (sulfide) groups is 1. The van der Waals surface area contributed by atoms with Crippen molar-refractivity contribution in [2.75, 3.05) is 19.4 Å². The van der Waals surface area contributed by atoms with Crippen molar-refractivity contribution in [2.45, 2.75) is 57.4 Å². The molecule has 9 heteroatoms. The molecule has 4 rings (SSSR count). The molecule has 2 heterocycles. The number of alkyl halides is 3. The van der Waals surface area contributed by atoms with E-state index in [2.05, 4.69) is 30.7 Å². The highest BCUT2D eigenvalue weighted by molar-refractivity contribution is 7.99. The second kappa shape index (κ2) is 8.49. The number of halogens is 3. The van der Waals surface area contributed by atoms with E-state index in [1.165, 1.54) is 7.11 Å². The molecule has 2 bridgehead atoms. The molecule has 2 fully saturated rings. The summed E-state index contributed by atoms with van der Waals surface area (Å²) in [6.07, 6.45) is -1.62. The summed E-state index contributed by atoms with van der Waals surface area (Å²) < 4.78 is 45.6. The van der Waals surface area contributed by atoms with Crippen LogP contribution in [0.2, 0.25) is 0 Å².